The Balaban J connectivity index is 1.84. The Morgan fingerprint density at radius 3 is 2.41 bits per heavy atom. The van der Waals surface area contributed by atoms with Crippen LogP contribution in [0.5, 0.6) is 0 Å². The van der Waals surface area contributed by atoms with Gasteiger partial charge in [-0.05, 0) is 61.7 Å². The number of amides is 1. The third kappa shape index (κ3) is 5.37. The molecular weight excluding hydrogens is 424 g/mol. The molecule has 2 aromatic carbocycles. The minimum Gasteiger partial charge on any atom is -0.328 e. The zero-order chi connectivity index (χ0) is 23.5. The monoisotopic (exact) mass is 456 g/mol. The SMILES string of the molecule is CCCCn1c(CCC(=O)Nc2cc(C)cc(C)c2)nc2cc(S(=O)(=O)N(C)C)ccc21. The van der Waals surface area contributed by atoms with E-state index in [9.17, 15) is 13.2 Å². The van der Waals surface area contributed by atoms with Crippen LogP contribution in [0, 0.1) is 13.8 Å². The van der Waals surface area contributed by atoms with Crippen molar-refractivity contribution < 1.29 is 13.2 Å². The molecule has 0 bridgehead atoms. The van der Waals surface area contributed by atoms with E-state index in [2.05, 4.69) is 22.9 Å². The van der Waals surface area contributed by atoms with Crippen molar-refractivity contribution in [2.24, 2.45) is 0 Å². The van der Waals surface area contributed by atoms with Crippen LogP contribution >= 0.6 is 0 Å². The third-order valence-corrected chi connectivity index (χ3v) is 7.20. The van der Waals surface area contributed by atoms with Gasteiger partial charge in [0.2, 0.25) is 15.9 Å². The maximum Gasteiger partial charge on any atom is 0.242 e. The van der Waals surface area contributed by atoms with Crippen molar-refractivity contribution in [1.82, 2.24) is 13.9 Å². The van der Waals surface area contributed by atoms with Crippen molar-refractivity contribution in [3.8, 4) is 0 Å². The first-order valence-electron chi connectivity index (χ1n) is 10.9. The van der Waals surface area contributed by atoms with E-state index < -0.39 is 10.0 Å². The van der Waals surface area contributed by atoms with Crippen LogP contribution in [0.2, 0.25) is 0 Å². The van der Waals surface area contributed by atoms with Gasteiger partial charge in [-0.2, -0.15) is 0 Å². The van der Waals surface area contributed by atoms with Gasteiger partial charge < -0.3 is 9.88 Å². The van der Waals surface area contributed by atoms with E-state index in [-0.39, 0.29) is 10.8 Å². The van der Waals surface area contributed by atoms with Crippen LogP contribution in [0.3, 0.4) is 0 Å². The Labute approximate surface area is 190 Å². The number of imidazole rings is 1. The van der Waals surface area contributed by atoms with Crippen LogP contribution < -0.4 is 5.32 Å². The highest BCUT2D eigenvalue weighted by Gasteiger charge is 2.20. The quantitative estimate of drug-likeness (QED) is 0.521. The van der Waals surface area contributed by atoms with Gasteiger partial charge in [0.25, 0.3) is 0 Å². The smallest absolute Gasteiger partial charge is 0.242 e. The van der Waals surface area contributed by atoms with E-state index in [0.717, 1.165) is 47.5 Å². The van der Waals surface area contributed by atoms with E-state index in [1.165, 1.54) is 18.4 Å². The molecule has 0 saturated heterocycles. The van der Waals surface area contributed by atoms with Gasteiger partial charge in [0.15, 0.2) is 0 Å². The number of hydrogen-bond donors (Lipinski definition) is 1. The first-order chi connectivity index (χ1) is 15.1. The van der Waals surface area contributed by atoms with Crippen LogP contribution in [0.25, 0.3) is 11.0 Å². The average Bonchev–Trinajstić information content (AvgIpc) is 3.06. The molecule has 1 aromatic heterocycles. The lowest BCUT2D eigenvalue weighted by Crippen LogP contribution is -2.22. The summed E-state index contributed by atoms with van der Waals surface area (Å²) in [6, 6.07) is 11.0. The molecule has 32 heavy (non-hydrogen) atoms. The number of carbonyl (C=O) groups is 1. The molecule has 1 heterocycles. The number of carbonyl (C=O) groups excluding carboxylic acids is 1. The topological polar surface area (TPSA) is 84.3 Å². The number of aryl methyl sites for hydroxylation is 4. The summed E-state index contributed by atoms with van der Waals surface area (Å²) in [5, 5.41) is 2.97. The maximum atomic E-state index is 12.6. The first-order valence-corrected chi connectivity index (χ1v) is 12.4. The van der Waals surface area contributed by atoms with Gasteiger partial charge in [-0.1, -0.05) is 19.4 Å². The van der Waals surface area contributed by atoms with Crippen LogP contribution in [-0.4, -0.2) is 42.3 Å². The van der Waals surface area contributed by atoms with Gasteiger partial charge >= 0.3 is 0 Å². The molecule has 3 aromatic rings. The highest BCUT2D eigenvalue weighted by atomic mass is 32.2. The highest BCUT2D eigenvalue weighted by molar-refractivity contribution is 7.89. The number of benzene rings is 2. The fourth-order valence-electron chi connectivity index (χ4n) is 3.78. The third-order valence-electron chi connectivity index (χ3n) is 5.39. The van der Waals surface area contributed by atoms with Gasteiger partial charge in [0.05, 0.1) is 15.9 Å². The van der Waals surface area contributed by atoms with Crippen LogP contribution in [-0.2, 0) is 27.8 Å². The summed E-state index contributed by atoms with van der Waals surface area (Å²) in [7, 11) is -0.510. The van der Waals surface area contributed by atoms with Gasteiger partial charge in [0, 0.05) is 39.2 Å². The van der Waals surface area contributed by atoms with E-state index in [1.54, 1.807) is 12.1 Å². The zero-order valence-electron chi connectivity index (χ0n) is 19.5. The number of nitrogens with one attached hydrogen (secondary N) is 1. The summed E-state index contributed by atoms with van der Waals surface area (Å²) in [5.41, 5.74) is 4.52. The zero-order valence-corrected chi connectivity index (χ0v) is 20.3. The predicted octanol–water partition coefficient (Wildman–Crippen LogP) is 4.27. The number of sulfonamides is 1. The molecule has 0 saturated carbocycles. The minimum atomic E-state index is -3.54. The van der Waals surface area contributed by atoms with Crippen LogP contribution in [0.15, 0.2) is 41.3 Å². The molecule has 0 atom stereocenters. The predicted molar refractivity (Wildman–Crippen MR) is 128 cm³/mol. The number of nitrogens with zero attached hydrogens (tertiary/aromatic N) is 3. The number of unbranched alkanes of at least 4 members (excludes halogenated alkanes) is 1. The second kappa shape index (κ2) is 9.83. The lowest BCUT2D eigenvalue weighted by atomic mass is 10.1. The van der Waals surface area contributed by atoms with Crippen molar-refractivity contribution in [1.29, 1.82) is 0 Å². The Kier molecular flexibility index (Phi) is 7.36. The molecule has 172 valence electrons. The first kappa shape index (κ1) is 23.9. The second-order valence-corrected chi connectivity index (χ2v) is 10.5. The standard InChI is InChI=1S/C24H32N4O3S/c1-6-7-12-28-22-9-8-20(32(30,31)27(4)5)16-21(22)26-23(28)10-11-24(29)25-19-14-17(2)13-18(3)15-19/h8-9,13-16H,6-7,10-12H2,1-5H3,(H,25,29). The summed E-state index contributed by atoms with van der Waals surface area (Å²) >= 11 is 0. The number of hydrogen-bond acceptors (Lipinski definition) is 4. The average molecular weight is 457 g/mol. The molecule has 0 fully saturated rings. The normalized spacial score (nSPS) is 11.9. The molecule has 1 amide bonds. The molecule has 0 aliphatic carbocycles. The van der Waals surface area contributed by atoms with Crippen molar-refractivity contribution >= 4 is 32.7 Å². The molecule has 7 nitrogen and oxygen atoms in total. The molecular formula is C24H32N4O3S. The largest absolute Gasteiger partial charge is 0.328 e. The van der Waals surface area contributed by atoms with E-state index in [4.69, 9.17) is 4.98 Å². The Hall–Kier alpha value is -2.71. The Bertz CT molecular complexity index is 1210. The summed E-state index contributed by atoms with van der Waals surface area (Å²) in [6.07, 6.45) is 2.78. The van der Waals surface area contributed by atoms with Gasteiger partial charge in [-0.3, -0.25) is 4.79 Å². The summed E-state index contributed by atoms with van der Waals surface area (Å²) in [4.78, 5) is 17.5. The summed E-state index contributed by atoms with van der Waals surface area (Å²) < 4.78 is 28.3. The fourth-order valence-corrected chi connectivity index (χ4v) is 4.71. The lowest BCUT2D eigenvalue weighted by molar-refractivity contribution is -0.116. The minimum absolute atomic E-state index is 0.0695. The van der Waals surface area contributed by atoms with Crippen LogP contribution in [0.1, 0.15) is 43.1 Å². The Morgan fingerprint density at radius 2 is 1.78 bits per heavy atom. The number of fused-ring (bicyclic) bond motifs is 1. The molecule has 8 heteroatoms. The van der Waals surface area contributed by atoms with Crippen molar-refractivity contribution in [3.63, 3.8) is 0 Å². The number of aromatic nitrogens is 2. The number of rotatable bonds is 9. The van der Waals surface area contributed by atoms with E-state index >= 15 is 0 Å². The van der Waals surface area contributed by atoms with Crippen LogP contribution in [0.4, 0.5) is 5.69 Å². The molecule has 0 aliphatic heterocycles. The Morgan fingerprint density at radius 1 is 1.09 bits per heavy atom. The molecule has 3 rings (SSSR count). The molecule has 1 N–H and O–H groups in total. The van der Waals surface area contributed by atoms with E-state index in [1.807, 2.05) is 32.0 Å². The fraction of sp³-hybridized carbons (Fsp3) is 0.417. The number of anilines is 1. The lowest BCUT2D eigenvalue weighted by Gasteiger charge is -2.12. The van der Waals surface area contributed by atoms with Gasteiger partial charge in [-0.25, -0.2) is 17.7 Å². The highest BCUT2D eigenvalue weighted by Crippen LogP contribution is 2.23. The maximum absolute atomic E-state index is 12.6. The second-order valence-electron chi connectivity index (χ2n) is 8.40. The van der Waals surface area contributed by atoms with Gasteiger partial charge in [0.1, 0.15) is 5.82 Å². The molecule has 0 radical (unpaired) electrons. The summed E-state index contributed by atoms with van der Waals surface area (Å²) in [6.45, 7) is 6.91. The molecule has 0 unspecified atom stereocenters. The van der Waals surface area contributed by atoms with Crippen molar-refractivity contribution in [2.75, 3.05) is 19.4 Å². The van der Waals surface area contributed by atoms with Crippen molar-refractivity contribution in [2.45, 2.75) is 57.9 Å². The molecule has 0 spiro atoms. The van der Waals surface area contributed by atoms with Gasteiger partial charge in [-0.15, -0.1) is 0 Å². The summed E-state index contributed by atoms with van der Waals surface area (Å²) in [5.74, 6) is 0.725. The van der Waals surface area contributed by atoms with E-state index in [0.29, 0.717) is 18.4 Å². The molecule has 0 aliphatic rings. The van der Waals surface area contributed by atoms with Crippen molar-refractivity contribution in [3.05, 3.63) is 53.3 Å².